The van der Waals surface area contributed by atoms with Crippen LogP contribution in [0.25, 0.3) is 67.4 Å². The van der Waals surface area contributed by atoms with Gasteiger partial charge in [0.15, 0.2) is 0 Å². The Bertz CT molecular complexity index is 2470. The van der Waals surface area contributed by atoms with E-state index in [-0.39, 0.29) is 0 Å². The van der Waals surface area contributed by atoms with Crippen molar-refractivity contribution in [2.24, 2.45) is 5.73 Å². The smallest absolute Gasteiger partial charge is 0.0572 e. The van der Waals surface area contributed by atoms with Crippen molar-refractivity contribution >= 4 is 56.6 Å². The lowest BCUT2D eigenvalue weighted by molar-refractivity contribution is 1.07. The second-order valence-electron chi connectivity index (χ2n) is 12.5. The van der Waals surface area contributed by atoms with Gasteiger partial charge in [-0.2, -0.15) is 0 Å². The van der Waals surface area contributed by atoms with Crippen LogP contribution in [0, 0.1) is 19.3 Å². The molecule has 0 radical (unpaired) electrons. The predicted octanol–water partition coefficient (Wildman–Crippen LogP) is 12.5. The van der Waals surface area contributed by atoms with Gasteiger partial charge < -0.3 is 15.7 Å². The van der Waals surface area contributed by atoms with Crippen LogP contribution in [-0.4, -0.2) is 10.8 Å². The Kier molecular flexibility index (Phi) is 10.1. The van der Waals surface area contributed by atoms with Crippen molar-refractivity contribution in [3.05, 3.63) is 192 Å². The fourth-order valence-electron chi connectivity index (χ4n) is 7.07. The van der Waals surface area contributed by atoms with Crippen LogP contribution >= 0.6 is 0 Å². The molecule has 6 rings (SSSR count). The standard InChI is InChI=1S/C48H43N3/c1-7-16-38(30-49)37-24-25-43(34(9-3)28-37)48-33(6)32(5)47(51(48)46-23-15-19-36-18-11-12-20-42(36)46)29-35(10-4)40-26-27-41(39(31-50)17-8-2)45-22-14-13-21-44(40)45/h7-31,49H,1,3-4,50H2,2,5-6H3/b17-8-,35-29+,38-16+,39-31+,49-30?. The molecule has 0 amide bonds. The molecule has 1 heterocycles. The first kappa shape index (κ1) is 34.4. The van der Waals surface area contributed by atoms with Gasteiger partial charge in [0.05, 0.1) is 17.1 Å². The van der Waals surface area contributed by atoms with Crippen LogP contribution in [-0.2, 0) is 0 Å². The first-order chi connectivity index (χ1) is 24.9. The molecular formula is C48H43N3. The van der Waals surface area contributed by atoms with E-state index in [1.54, 1.807) is 12.3 Å². The number of aromatic nitrogens is 1. The van der Waals surface area contributed by atoms with E-state index in [1.165, 1.54) is 22.7 Å². The third-order valence-corrected chi connectivity index (χ3v) is 9.67. The highest BCUT2D eigenvalue weighted by Gasteiger charge is 2.23. The maximum atomic E-state index is 8.00. The van der Waals surface area contributed by atoms with E-state index < -0.39 is 0 Å². The highest BCUT2D eigenvalue weighted by atomic mass is 15.0. The molecule has 0 fully saturated rings. The van der Waals surface area contributed by atoms with Crippen LogP contribution in [0.5, 0.6) is 0 Å². The van der Waals surface area contributed by atoms with Gasteiger partial charge in [0.25, 0.3) is 0 Å². The normalized spacial score (nSPS) is 12.5. The van der Waals surface area contributed by atoms with Crippen molar-refractivity contribution in [1.29, 1.82) is 5.41 Å². The van der Waals surface area contributed by atoms with Gasteiger partial charge in [0.1, 0.15) is 0 Å². The molecule has 0 aliphatic carbocycles. The van der Waals surface area contributed by atoms with Crippen molar-refractivity contribution in [3.8, 4) is 16.9 Å². The monoisotopic (exact) mass is 661 g/mol. The maximum Gasteiger partial charge on any atom is 0.0572 e. The van der Waals surface area contributed by atoms with Gasteiger partial charge >= 0.3 is 0 Å². The van der Waals surface area contributed by atoms with Gasteiger partial charge in [0.2, 0.25) is 0 Å². The third kappa shape index (κ3) is 6.26. The first-order valence-corrected chi connectivity index (χ1v) is 17.1. The zero-order chi connectivity index (χ0) is 36.1. The number of nitrogens with two attached hydrogens (primary N) is 1. The Hall–Kier alpha value is -6.45. The molecular weight excluding hydrogens is 619 g/mol. The Morgan fingerprint density at radius 1 is 0.745 bits per heavy atom. The Morgan fingerprint density at radius 2 is 1.41 bits per heavy atom. The molecule has 6 aromatic rings. The summed E-state index contributed by atoms with van der Waals surface area (Å²) in [4.78, 5) is 0. The highest BCUT2D eigenvalue weighted by molar-refractivity contribution is 6.09. The number of allylic oxidation sites excluding steroid dienone is 8. The van der Waals surface area contributed by atoms with Crippen LogP contribution in [0.2, 0.25) is 0 Å². The van der Waals surface area contributed by atoms with Gasteiger partial charge in [-0.05, 0) is 105 Å². The molecule has 250 valence electrons. The molecule has 0 atom stereocenters. The van der Waals surface area contributed by atoms with Crippen LogP contribution < -0.4 is 5.73 Å². The average Bonchev–Trinajstić information content (AvgIpc) is 3.41. The van der Waals surface area contributed by atoms with E-state index in [4.69, 9.17) is 11.1 Å². The minimum atomic E-state index is 0.786. The second kappa shape index (κ2) is 15.0. The summed E-state index contributed by atoms with van der Waals surface area (Å²) in [6.45, 7) is 18.8. The van der Waals surface area contributed by atoms with Gasteiger partial charge in [-0.3, -0.25) is 0 Å². The van der Waals surface area contributed by atoms with Crippen LogP contribution in [0.3, 0.4) is 0 Å². The van der Waals surface area contributed by atoms with Crippen molar-refractivity contribution < 1.29 is 0 Å². The molecule has 3 nitrogen and oxygen atoms in total. The SMILES string of the molecule is C=C/C=C(\C=N)c1ccc(-c2c(C)c(C)c(/C=C(\C=C)c3ccc(C(/C=C\C)=C/N)c4ccccc34)n2-c2cccc3ccccc23)c(C=C)c1. The van der Waals surface area contributed by atoms with Gasteiger partial charge in [0, 0.05) is 23.4 Å². The Balaban J connectivity index is 1.68. The predicted molar refractivity (Wildman–Crippen MR) is 224 cm³/mol. The molecule has 0 unspecified atom stereocenters. The molecule has 0 aliphatic heterocycles. The van der Waals surface area contributed by atoms with Crippen molar-refractivity contribution in [3.63, 3.8) is 0 Å². The molecule has 0 aliphatic rings. The summed E-state index contributed by atoms with van der Waals surface area (Å²) < 4.78 is 2.40. The summed E-state index contributed by atoms with van der Waals surface area (Å²) in [6.07, 6.45) is 16.8. The van der Waals surface area contributed by atoms with Crippen LogP contribution in [0.15, 0.2) is 153 Å². The second-order valence-corrected chi connectivity index (χ2v) is 12.5. The number of benzene rings is 5. The van der Waals surface area contributed by atoms with Crippen LogP contribution in [0.1, 0.15) is 46.0 Å². The number of hydrogen-bond acceptors (Lipinski definition) is 2. The topological polar surface area (TPSA) is 54.8 Å². The molecule has 3 heteroatoms. The fourth-order valence-corrected chi connectivity index (χ4v) is 7.07. The lowest BCUT2D eigenvalue weighted by atomic mass is 9.91. The highest BCUT2D eigenvalue weighted by Crippen LogP contribution is 2.41. The number of hydrogen-bond donors (Lipinski definition) is 2. The molecule has 0 spiro atoms. The summed E-state index contributed by atoms with van der Waals surface area (Å²) in [6, 6.07) is 34.2. The number of rotatable bonds is 11. The number of fused-ring (bicyclic) bond motifs is 2. The molecule has 0 bridgehead atoms. The zero-order valence-corrected chi connectivity index (χ0v) is 29.6. The van der Waals surface area contributed by atoms with E-state index in [9.17, 15) is 0 Å². The fraction of sp³-hybridized carbons (Fsp3) is 0.0625. The van der Waals surface area contributed by atoms with E-state index in [0.29, 0.717) is 0 Å². The summed E-state index contributed by atoms with van der Waals surface area (Å²) in [5.74, 6) is 0. The molecule has 5 aromatic carbocycles. The largest absolute Gasteiger partial charge is 0.404 e. The molecule has 0 saturated heterocycles. The van der Waals surface area contributed by atoms with Gasteiger partial charge in [-0.15, -0.1) is 0 Å². The number of nitrogens with one attached hydrogen (secondary N) is 1. The molecule has 0 saturated carbocycles. The average molecular weight is 662 g/mol. The van der Waals surface area contributed by atoms with Gasteiger partial charge in [-0.25, -0.2) is 0 Å². The van der Waals surface area contributed by atoms with Gasteiger partial charge in [-0.1, -0.05) is 141 Å². The van der Waals surface area contributed by atoms with Crippen molar-refractivity contribution in [2.45, 2.75) is 20.8 Å². The van der Waals surface area contributed by atoms with E-state index >= 15 is 0 Å². The lowest BCUT2D eigenvalue weighted by Crippen LogP contribution is -2.03. The molecule has 51 heavy (non-hydrogen) atoms. The van der Waals surface area contributed by atoms with Crippen LogP contribution in [0.4, 0.5) is 0 Å². The van der Waals surface area contributed by atoms with E-state index in [1.807, 2.05) is 37.3 Å². The Labute approximate surface area is 301 Å². The lowest BCUT2D eigenvalue weighted by Gasteiger charge is -2.19. The maximum absolute atomic E-state index is 8.00. The summed E-state index contributed by atoms with van der Waals surface area (Å²) in [7, 11) is 0. The zero-order valence-electron chi connectivity index (χ0n) is 29.6. The van der Waals surface area contributed by atoms with E-state index in [2.05, 4.69) is 141 Å². The Morgan fingerprint density at radius 3 is 2.04 bits per heavy atom. The molecule has 3 N–H and O–H groups in total. The van der Waals surface area contributed by atoms with E-state index in [0.717, 1.165) is 77.8 Å². The number of nitrogens with zero attached hydrogens (tertiary/aromatic N) is 1. The first-order valence-electron chi connectivity index (χ1n) is 17.1. The van der Waals surface area contributed by atoms with Crippen molar-refractivity contribution in [2.75, 3.05) is 0 Å². The summed E-state index contributed by atoms with van der Waals surface area (Å²) >= 11 is 0. The van der Waals surface area contributed by atoms with Crippen molar-refractivity contribution in [1.82, 2.24) is 4.57 Å². The molecule has 1 aromatic heterocycles. The third-order valence-electron chi connectivity index (χ3n) is 9.67. The minimum Gasteiger partial charge on any atom is -0.404 e. The quantitative estimate of drug-likeness (QED) is 0.105. The minimum absolute atomic E-state index is 0.786. The summed E-state index contributed by atoms with van der Waals surface area (Å²) in [5, 5.41) is 12.6. The summed E-state index contributed by atoms with van der Waals surface area (Å²) in [5.41, 5.74) is 19.6.